The Morgan fingerprint density at radius 3 is 2.84 bits per heavy atom. The van der Waals surface area contributed by atoms with Crippen molar-refractivity contribution >= 4 is 11.5 Å². The number of pyridine rings is 1. The second-order valence-electron chi connectivity index (χ2n) is 5.59. The van der Waals surface area contributed by atoms with E-state index in [2.05, 4.69) is 14.8 Å². The van der Waals surface area contributed by atoms with Gasteiger partial charge in [-0.15, -0.1) is 0 Å². The highest BCUT2D eigenvalue weighted by molar-refractivity contribution is 5.92. The number of aromatic nitrogens is 1. The van der Waals surface area contributed by atoms with Crippen molar-refractivity contribution in [2.75, 3.05) is 31.1 Å². The minimum Gasteiger partial charge on any atom is -0.369 e. The number of ketones is 1. The summed E-state index contributed by atoms with van der Waals surface area (Å²) in [5, 5.41) is 0. The Balaban J connectivity index is 1.75. The van der Waals surface area contributed by atoms with E-state index in [-0.39, 0.29) is 5.78 Å². The number of fused-ring (bicyclic) bond motifs is 1. The fourth-order valence-electron chi connectivity index (χ4n) is 3.22. The molecule has 1 unspecified atom stereocenters. The first-order valence-electron chi connectivity index (χ1n) is 7.20. The summed E-state index contributed by atoms with van der Waals surface area (Å²) in [6, 6.07) is 4.58. The van der Waals surface area contributed by atoms with Crippen LogP contribution in [0.25, 0.3) is 0 Å². The molecule has 1 atom stereocenters. The number of hydrogen-bond acceptors (Lipinski definition) is 4. The Hall–Kier alpha value is -1.42. The smallest absolute Gasteiger partial charge is 0.178 e. The van der Waals surface area contributed by atoms with Gasteiger partial charge in [0.1, 0.15) is 5.69 Å². The molecule has 4 heteroatoms. The van der Waals surface area contributed by atoms with Crippen LogP contribution in [0.2, 0.25) is 0 Å². The Kier molecular flexibility index (Phi) is 3.51. The lowest BCUT2D eigenvalue weighted by Crippen LogP contribution is -2.36. The van der Waals surface area contributed by atoms with E-state index in [0.29, 0.717) is 11.7 Å². The van der Waals surface area contributed by atoms with Gasteiger partial charge < -0.3 is 4.90 Å². The molecule has 0 N–H and O–H groups in total. The summed E-state index contributed by atoms with van der Waals surface area (Å²) in [6.45, 7) is 6.24. The molecule has 0 spiro atoms. The predicted molar refractivity (Wildman–Crippen MR) is 75.7 cm³/mol. The summed E-state index contributed by atoms with van der Waals surface area (Å²) in [5.41, 5.74) is 1.71. The second kappa shape index (κ2) is 5.29. The van der Waals surface area contributed by atoms with Gasteiger partial charge in [0, 0.05) is 32.6 Å². The van der Waals surface area contributed by atoms with Crippen LogP contribution in [0, 0.1) is 0 Å². The van der Waals surface area contributed by atoms with Crippen molar-refractivity contribution in [1.29, 1.82) is 0 Å². The molecule has 0 aromatic carbocycles. The van der Waals surface area contributed by atoms with Crippen LogP contribution in [0.3, 0.4) is 0 Å². The maximum Gasteiger partial charge on any atom is 0.178 e. The van der Waals surface area contributed by atoms with E-state index < -0.39 is 0 Å². The highest BCUT2D eigenvalue weighted by Gasteiger charge is 2.28. The zero-order valence-electron chi connectivity index (χ0n) is 11.5. The third-order valence-electron chi connectivity index (χ3n) is 4.28. The van der Waals surface area contributed by atoms with Crippen molar-refractivity contribution in [1.82, 2.24) is 9.88 Å². The first-order chi connectivity index (χ1) is 9.24. The van der Waals surface area contributed by atoms with Gasteiger partial charge in [0.15, 0.2) is 5.78 Å². The monoisotopic (exact) mass is 259 g/mol. The normalized spacial score (nSPS) is 24.1. The van der Waals surface area contributed by atoms with Crippen molar-refractivity contribution in [3.05, 3.63) is 24.0 Å². The van der Waals surface area contributed by atoms with Crippen LogP contribution in [0.5, 0.6) is 0 Å². The Morgan fingerprint density at radius 1 is 1.26 bits per heavy atom. The van der Waals surface area contributed by atoms with Crippen LogP contribution < -0.4 is 4.90 Å². The van der Waals surface area contributed by atoms with E-state index in [0.717, 1.165) is 18.8 Å². The molecule has 4 nitrogen and oxygen atoms in total. The van der Waals surface area contributed by atoms with Crippen LogP contribution in [-0.4, -0.2) is 47.9 Å². The van der Waals surface area contributed by atoms with E-state index in [1.54, 1.807) is 6.92 Å². The van der Waals surface area contributed by atoms with Gasteiger partial charge in [-0.2, -0.15) is 0 Å². The third kappa shape index (κ3) is 2.63. The van der Waals surface area contributed by atoms with Gasteiger partial charge in [-0.05, 0) is 37.9 Å². The average Bonchev–Trinajstić information content (AvgIpc) is 2.76. The molecular formula is C15H21N3O. The standard InChI is InChI=1S/C15H21N3O/c1-12(19)15-6-5-13(10-16-15)18-9-3-8-17-7-2-4-14(17)11-18/h5-6,10,14H,2-4,7-9,11H2,1H3. The number of anilines is 1. The van der Waals surface area contributed by atoms with Gasteiger partial charge in [0.25, 0.3) is 0 Å². The zero-order valence-corrected chi connectivity index (χ0v) is 11.5. The van der Waals surface area contributed by atoms with E-state index in [9.17, 15) is 4.79 Å². The van der Waals surface area contributed by atoms with E-state index in [4.69, 9.17) is 0 Å². The lowest BCUT2D eigenvalue weighted by molar-refractivity contribution is 0.101. The number of carbonyl (C=O) groups excluding carboxylic acids is 1. The first kappa shape index (κ1) is 12.6. The molecule has 1 aromatic heterocycles. The molecule has 0 aliphatic carbocycles. The molecular weight excluding hydrogens is 238 g/mol. The fourth-order valence-corrected chi connectivity index (χ4v) is 3.22. The summed E-state index contributed by atoms with van der Waals surface area (Å²) >= 11 is 0. The first-order valence-corrected chi connectivity index (χ1v) is 7.20. The Morgan fingerprint density at radius 2 is 2.11 bits per heavy atom. The molecule has 0 saturated carbocycles. The van der Waals surface area contributed by atoms with E-state index in [1.165, 1.54) is 32.4 Å². The molecule has 0 radical (unpaired) electrons. The number of carbonyl (C=O) groups is 1. The molecule has 102 valence electrons. The molecule has 2 saturated heterocycles. The van der Waals surface area contributed by atoms with Gasteiger partial charge in [-0.25, -0.2) is 0 Å². The van der Waals surface area contributed by atoms with Crippen molar-refractivity contribution in [3.8, 4) is 0 Å². The van der Waals surface area contributed by atoms with Crippen molar-refractivity contribution in [2.45, 2.75) is 32.2 Å². The summed E-state index contributed by atoms with van der Waals surface area (Å²) < 4.78 is 0. The van der Waals surface area contributed by atoms with Gasteiger partial charge in [0.05, 0.1) is 11.9 Å². The summed E-state index contributed by atoms with van der Waals surface area (Å²) in [7, 11) is 0. The topological polar surface area (TPSA) is 36.4 Å². The van der Waals surface area contributed by atoms with Crippen LogP contribution in [-0.2, 0) is 0 Å². The molecule has 1 aromatic rings. The van der Waals surface area contributed by atoms with E-state index in [1.807, 2.05) is 18.3 Å². The maximum absolute atomic E-state index is 11.3. The Bertz CT molecular complexity index is 457. The predicted octanol–water partition coefficient (Wildman–Crippen LogP) is 1.96. The molecule has 3 rings (SSSR count). The van der Waals surface area contributed by atoms with Gasteiger partial charge in [0.2, 0.25) is 0 Å². The number of rotatable bonds is 2. The molecule has 2 aliphatic heterocycles. The summed E-state index contributed by atoms with van der Waals surface area (Å²) in [6.07, 6.45) is 5.71. The lowest BCUT2D eigenvalue weighted by atomic mass is 10.2. The molecule has 0 amide bonds. The van der Waals surface area contributed by atoms with Crippen LogP contribution in [0.4, 0.5) is 5.69 Å². The highest BCUT2D eigenvalue weighted by atomic mass is 16.1. The van der Waals surface area contributed by atoms with Crippen molar-refractivity contribution in [2.24, 2.45) is 0 Å². The van der Waals surface area contributed by atoms with Crippen LogP contribution in [0.1, 0.15) is 36.7 Å². The number of nitrogens with zero attached hydrogens (tertiary/aromatic N) is 3. The zero-order chi connectivity index (χ0) is 13.2. The average molecular weight is 259 g/mol. The molecule has 2 fully saturated rings. The minimum atomic E-state index is 0.0318. The quantitative estimate of drug-likeness (QED) is 0.761. The number of hydrogen-bond donors (Lipinski definition) is 0. The van der Waals surface area contributed by atoms with E-state index >= 15 is 0 Å². The maximum atomic E-state index is 11.3. The molecule has 19 heavy (non-hydrogen) atoms. The molecule has 0 bridgehead atoms. The highest BCUT2D eigenvalue weighted by Crippen LogP contribution is 2.24. The van der Waals surface area contributed by atoms with Gasteiger partial charge in [-0.1, -0.05) is 0 Å². The van der Waals surface area contributed by atoms with Crippen molar-refractivity contribution < 1.29 is 4.79 Å². The van der Waals surface area contributed by atoms with Crippen LogP contribution >= 0.6 is 0 Å². The minimum absolute atomic E-state index is 0.0318. The van der Waals surface area contributed by atoms with Crippen molar-refractivity contribution in [3.63, 3.8) is 0 Å². The number of Topliss-reactive ketones (excluding diaryl/α,β-unsaturated/α-hetero) is 1. The van der Waals surface area contributed by atoms with Gasteiger partial charge in [-0.3, -0.25) is 14.7 Å². The summed E-state index contributed by atoms with van der Waals surface area (Å²) in [4.78, 5) is 20.6. The lowest BCUT2D eigenvalue weighted by Gasteiger charge is -2.27. The Labute approximate surface area is 114 Å². The fraction of sp³-hybridized carbons (Fsp3) is 0.600. The molecule has 2 aliphatic rings. The third-order valence-corrected chi connectivity index (χ3v) is 4.28. The summed E-state index contributed by atoms with van der Waals surface area (Å²) in [5.74, 6) is 0.0318. The molecule has 3 heterocycles. The SMILES string of the molecule is CC(=O)c1ccc(N2CCCN3CCCC3C2)cn1. The second-order valence-corrected chi connectivity index (χ2v) is 5.59. The van der Waals surface area contributed by atoms with Crippen LogP contribution in [0.15, 0.2) is 18.3 Å². The van der Waals surface area contributed by atoms with Gasteiger partial charge >= 0.3 is 0 Å². The largest absolute Gasteiger partial charge is 0.369 e.